The molecule has 9 heavy (non-hydrogen) atoms. The normalized spacial score (nSPS) is 41.0. The van der Waals surface area contributed by atoms with Gasteiger partial charge in [-0.25, -0.2) is 11.8 Å². The van der Waals surface area contributed by atoms with Gasteiger partial charge in [0.2, 0.25) is 0 Å². The Hall–Kier alpha value is -0.200. The highest BCUT2D eigenvalue weighted by Gasteiger charge is 2.54. The third kappa shape index (κ3) is 1.05. The van der Waals surface area contributed by atoms with Crippen molar-refractivity contribution in [2.45, 2.75) is 18.3 Å². The van der Waals surface area contributed by atoms with E-state index in [1.165, 1.54) is 0 Å². The van der Waals surface area contributed by atoms with Crippen LogP contribution in [0, 0.1) is 0 Å². The average molecular weight is 134 g/mol. The Kier molecular flexibility index (Phi) is 1.99. The van der Waals surface area contributed by atoms with Gasteiger partial charge in [-0.15, -0.1) is 0 Å². The predicted molar refractivity (Wildman–Crippen MR) is 28.9 cm³/mol. The van der Waals surface area contributed by atoms with Crippen molar-refractivity contribution in [3.8, 4) is 0 Å². The Balaban J connectivity index is 2.26. The Morgan fingerprint density at radius 2 is 1.44 bits per heavy atom. The molecule has 0 aromatic rings. The minimum Gasteiger partial charge on any atom is -0.376 e. The number of rotatable bonds is 3. The lowest BCUT2D eigenvalue weighted by Crippen LogP contribution is -2.10. The van der Waals surface area contributed by atoms with E-state index >= 15 is 0 Å². The van der Waals surface area contributed by atoms with Gasteiger partial charge in [-0.3, -0.25) is 9.68 Å². The average Bonchev–Trinajstić information content (AvgIpc) is 2.59. The topological polar surface area (TPSA) is 79.7 Å². The molecule has 1 fully saturated rings. The Morgan fingerprint density at radius 3 is 1.56 bits per heavy atom. The van der Waals surface area contributed by atoms with Crippen LogP contribution in [0.5, 0.6) is 0 Å². The fourth-order valence-corrected chi connectivity index (χ4v) is 0.810. The van der Waals surface area contributed by atoms with Gasteiger partial charge in [-0.1, -0.05) is 0 Å². The van der Waals surface area contributed by atoms with Crippen LogP contribution in [0.2, 0.25) is 0 Å². The van der Waals surface area contributed by atoms with Crippen LogP contribution in [0.1, 0.15) is 0 Å². The van der Waals surface area contributed by atoms with Gasteiger partial charge in [0, 0.05) is 7.11 Å². The van der Waals surface area contributed by atoms with Crippen LogP contribution < -0.4 is 11.8 Å². The highest BCUT2D eigenvalue weighted by atomic mass is 16.7. The summed E-state index contributed by atoms with van der Waals surface area (Å²) in [6.07, 6.45) is -0.486. The summed E-state index contributed by atoms with van der Waals surface area (Å²) in [5.74, 6) is 9.70. The van der Waals surface area contributed by atoms with E-state index in [1.807, 2.05) is 0 Å². The zero-order valence-corrected chi connectivity index (χ0v) is 5.11. The molecule has 2 unspecified atom stereocenters. The molecule has 0 aromatic carbocycles. The Morgan fingerprint density at radius 1 is 1.00 bits per heavy atom. The van der Waals surface area contributed by atoms with Crippen molar-refractivity contribution >= 4 is 0 Å². The van der Waals surface area contributed by atoms with E-state index in [9.17, 15) is 0 Å². The maximum absolute atomic E-state index is 4.86. The molecular weight excluding hydrogens is 124 g/mol. The Bertz CT molecular complexity index is 74.8. The molecule has 0 radical (unpaired) electrons. The molecule has 1 aliphatic rings. The second-order valence-corrected chi connectivity index (χ2v) is 1.90. The standard InChI is InChI=1S/C4H10N2O3/c1-7-2-3(8-5)4(2)9-6/h2-4H,5-6H2,1H3/t2?,3-,4?/m0/s1. The van der Waals surface area contributed by atoms with Crippen molar-refractivity contribution in [3.63, 3.8) is 0 Å². The minimum absolute atomic E-state index is 0.0972. The van der Waals surface area contributed by atoms with Gasteiger partial charge in [-0.2, -0.15) is 0 Å². The van der Waals surface area contributed by atoms with Gasteiger partial charge in [-0.05, 0) is 0 Å². The van der Waals surface area contributed by atoms with Crippen molar-refractivity contribution in [1.82, 2.24) is 0 Å². The SMILES string of the molecule is COC1C(ON)[C@H]1ON. The van der Waals surface area contributed by atoms with E-state index in [0.29, 0.717) is 0 Å². The van der Waals surface area contributed by atoms with Crippen LogP contribution in [0.25, 0.3) is 0 Å². The molecule has 5 heteroatoms. The monoisotopic (exact) mass is 134 g/mol. The molecule has 1 aliphatic carbocycles. The summed E-state index contributed by atoms with van der Waals surface area (Å²) in [4.78, 5) is 8.88. The van der Waals surface area contributed by atoms with E-state index < -0.39 is 0 Å². The molecule has 0 aromatic heterocycles. The molecule has 3 atom stereocenters. The summed E-state index contributed by atoms with van der Waals surface area (Å²) >= 11 is 0. The van der Waals surface area contributed by atoms with Crippen LogP contribution in [-0.4, -0.2) is 25.4 Å². The number of ether oxygens (including phenoxy) is 1. The molecule has 4 N–H and O–H groups in total. The third-order valence-electron chi connectivity index (χ3n) is 1.42. The van der Waals surface area contributed by atoms with Gasteiger partial charge < -0.3 is 4.74 Å². The molecule has 54 valence electrons. The lowest BCUT2D eigenvalue weighted by molar-refractivity contribution is 0.0429. The molecule has 0 spiro atoms. The molecule has 0 saturated heterocycles. The molecular formula is C4H10N2O3. The highest BCUT2D eigenvalue weighted by molar-refractivity contribution is 5.02. The first-order valence-electron chi connectivity index (χ1n) is 2.59. The summed E-state index contributed by atoms with van der Waals surface area (Å²) in [7, 11) is 1.55. The predicted octanol–water partition coefficient (Wildman–Crippen LogP) is -1.47. The van der Waals surface area contributed by atoms with Crippen LogP contribution >= 0.6 is 0 Å². The highest BCUT2D eigenvalue weighted by Crippen LogP contribution is 2.29. The van der Waals surface area contributed by atoms with Crippen LogP contribution in [0.15, 0.2) is 0 Å². The maximum Gasteiger partial charge on any atom is 0.138 e. The number of methoxy groups -OCH3 is 1. The lowest BCUT2D eigenvalue weighted by Gasteiger charge is -1.88. The second-order valence-electron chi connectivity index (χ2n) is 1.90. The van der Waals surface area contributed by atoms with Crippen LogP contribution in [0.4, 0.5) is 0 Å². The second kappa shape index (κ2) is 2.59. The zero-order valence-electron chi connectivity index (χ0n) is 5.11. The van der Waals surface area contributed by atoms with Crippen LogP contribution in [0.3, 0.4) is 0 Å². The van der Waals surface area contributed by atoms with E-state index in [0.717, 1.165) is 0 Å². The molecule has 5 nitrogen and oxygen atoms in total. The number of hydrogen-bond donors (Lipinski definition) is 2. The van der Waals surface area contributed by atoms with E-state index in [4.69, 9.17) is 16.5 Å². The van der Waals surface area contributed by atoms with Crippen LogP contribution in [-0.2, 0) is 14.4 Å². The first kappa shape index (κ1) is 6.91. The molecule has 0 aliphatic heterocycles. The minimum atomic E-state index is -0.194. The number of nitrogens with two attached hydrogens (primary N) is 2. The fourth-order valence-electron chi connectivity index (χ4n) is 0.810. The van der Waals surface area contributed by atoms with Crippen molar-refractivity contribution < 1.29 is 14.4 Å². The first-order valence-corrected chi connectivity index (χ1v) is 2.59. The van der Waals surface area contributed by atoms with Gasteiger partial charge in [0.25, 0.3) is 0 Å². The van der Waals surface area contributed by atoms with E-state index in [2.05, 4.69) is 9.68 Å². The molecule has 0 amide bonds. The molecule has 0 heterocycles. The summed E-state index contributed by atoms with van der Waals surface area (Å²) < 4.78 is 4.86. The van der Waals surface area contributed by atoms with Crippen molar-refractivity contribution in [2.24, 2.45) is 11.8 Å². The fraction of sp³-hybridized carbons (Fsp3) is 1.00. The summed E-state index contributed by atoms with van der Waals surface area (Å²) in [6, 6.07) is 0. The quantitative estimate of drug-likeness (QED) is 0.461. The van der Waals surface area contributed by atoms with Gasteiger partial charge in [0.15, 0.2) is 0 Å². The molecule has 1 saturated carbocycles. The van der Waals surface area contributed by atoms with E-state index in [1.54, 1.807) is 7.11 Å². The zero-order chi connectivity index (χ0) is 6.85. The summed E-state index contributed by atoms with van der Waals surface area (Å²) in [6.45, 7) is 0. The molecule has 1 rings (SSSR count). The van der Waals surface area contributed by atoms with Gasteiger partial charge >= 0.3 is 0 Å². The van der Waals surface area contributed by atoms with Crippen molar-refractivity contribution in [1.29, 1.82) is 0 Å². The lowest BCUT2D eigenvalue weighted by atomic mass is 10.8. The molecule has 0 bridgehead atoms. The van der Waals surface area contributed by atoms with E-state index in [-0.39, 0.29) is 18.3 Å². The number of hydrogen-bond acceptors (Lipinski definition) is 5. The van der Waals surface area contributed by atoms with Crippen molar-refractivity contribution in [2.75, 3.05) is 7.11 Å². The summed E-state index contributed by atoms with van der Waals surface area (Å²) in [5.41, 5.74) is 0. The maximum atomic E-state index is 4.86. The Labute approximate surface area is 52.8 Å². The van der Waals surface area contributed by atoms with Gasteiger partial charge in [0.05, 0.1) is 0 Å². The first-order chi connectivity index (χ1) is 4.35. The van der Waals surface area contributed by atoms with Crippen molar-refractivity contribution in [3.05, 3.63) is 0 Å². The third-order valence-corrected chi connectivity index (χ3v) is 1.42. The smallest absolute Gasteiger partial charge is 0.138 e. The largest absolute Gasteiger partial charge is 0.376 e. The summed E-state index contributed by atoms with van der Waals surface area (Å²) in [5, 5.41) is 0. The van der Waals surface area contributed by atoms with Gasteiger partial charge in [0.1, 0.15) is 18.3 Å².